The molecule has 11 aromatic carbocycles. The van der Waals surface area contributed by atoms with Crippen LogP contribution in [0.2, 0.25) is 0 Å². The fraction of sp³-hybridized carbons (Fsp3) is 0.0137. The summed E-state index contributed by atoms with van der Waals surface area (Å²) in [6, 6.07) is 73.2. The number of rotatable bonds is 8. The minimum atomic E-state index is -4.69. The highest BCUT2D eigenvalue weighted by Crippen LogP contribution is 2.47. The molecule has 0 aliphatic carbocycles. The molecule has 390 valence electrons. The summed E-state index contributed by atoms with van der Waals surface area (Å²) in [7, 11) is 0. The molecule has 0 aliphatic heterocycles. The molecular formula is C73H37F3N8. The third-order valence-corrected chi connectivity index (χ3v) is 15.4. The molecule has 0 saturated heterocycles. The molecule has 2 heterocycles. The van der Waals surface area contributed by atoms with Gasteiger partial charge in [0.25, 0.3) is 0 Å². The molecule has 13 rings (SSSR count). The van der Waals surface area contributed by atoms with Gasteiger partial charge in [-0.1, -0.05) is 115 Å². The number of halogens is 3. The maximum atomic E-state index is 14.3. The van der Waals surface area contributed by atoms with E-state index in [0.717, 1.165) is 100 Å². The van der Waals surface area contributed by atoms with E-state index in [1.54, 1.807) is 36.4 Å². The molecular weight excluding hydrogens is 1050 g/mol. The van der Waals surface area contributed by atoms with Crippen molar-refractivity contribution in [3.05, 3.63) is 287 Å². The van der Waals surface area contributed by atoms with E-state index in [1.165, 1.54) is 6.07 Å². The lowest BCUT2D eigenvalue weighted by atomic mass is 9.94. The molecule has 0 aliphatic rings. The Labute approximate surface area is 480 Å². The van der Waals surface area contributed by atoms with Gasteiger partial charge < -0.3 is 9.13 Å². The van der Waals surface area contributed by atoms with Gasteiger partial charge in [-0.2, -0.15) is 23.7 Å². The number of hydrogen-bond donors (Lipinski definition) is 0. The Morgan fingerprint density at radius 3 is 1.18 bits per heavy atom. The average molecular weight is 1080 g/mol. The minimum Gasteiger partial charge on any atom is -0.309 e. The van der Waals surface area contributed by atoms with Gasteiger partial charge in [-0.05, 0) is 170 Å². The van der Waals surface area contributed by atoms with Gasteiger partial charge in [0.15, 0.2) is 22.7 Å². The van der Waals surface area contributed by atoms with Crippen molar-refractivity contribution in [1.82, 2.24) is 9.13 Å². The smallest absolute Gasteiger partial charge is 0.309 e. The Kier molecular flexibility index (Phi) is 12.5. The molecule has 0 saturated carbocycles. The first-order valence-electron chi connectivity index (χ1n) is 26.3. The number of nitrogens with zero attached hydrogens (tertiary/aromatic N) is 8. The van der Waals surface area contributed by atoms with Crippen LogP contribution in [-0.4, -0.2) is 9.13 Å². The van der Waals surface area contributed by atoms with E-state index >= 15 is 0 Å². The summed E-state index contributed by atoms with van der Waals surface area (Å²) in [5, 5.41) is 23.3. The van der Waals surface area contributed by atoms with Gasteiger partial charge in [0, 0.05) is 32.7 Å². The predicted molar refractivity (Wildman–Crippen MR) is 327 cm³/mol. The van der Waals surface area contributed by atoms with Gasteiger partial charge in [0.2, 0.25) is 0 Å². The number of nitriles is 2. The van der Waals surface area contributed by atoms with Crippen LogP contribution in [0.15, 0.2) is 224 Å². The van der Waals surface area contributed by atoms with E-state index in [9.17, 15) is 23.7 Å². The SMILES string of the molecule is [C-]#[N+]c1cccc(-c2ccc3c(c2)c2cc(-c4cccc(C#N)c4)ccc2n3-c2ccc([N+]#[C-])cc2-c2ccc(-c3ccc(C(F)(F)F)cc3[N+]#[C-])cc2-n2c3ccc(-c4cccc(C#N)c4)cc3c3cc(-c4cccc([N+]#[C-])c4)ccc32)c1. The highest BCUT2D eigenvalue weighted by atomic mass is 19.4. The van der Waals surface area contributed by atoms with Crippen molar-refractivity contribution in [2.24, 2.45) is 0 Å². The van der Waals surface area contributed by atoms with Gasteiger partial charge in [-0.25, -0.2) is 19.4 Å². The molecule has 0 N–H and O–H groups in total. The standard InChI is InChI=1S/C73H37F3N8/c1-79-56-15-7-13-48(33-56)52-20-27-68-62(37-52)61-35-50(46-11-5-9-44(31-46)42-77)18-26-67(61)83(68)71-30-23-58(81-3)41-65(71)60-24-17-54(59-25-22-55(73(74,75)76)40-66(59)82-4)39-72(60)84-69-28-19-51(47-12-6-10-45(32-47)43-78)36-63(69)64-38-53(21-29-70(64)84)49-14-8-16-57(34-49)80-2/h5-41H. The van der Waals surface area contributed by atoms with Crippen molar-refractivity contribution in [1.29, 1.82) is 10.5 Å². The molecule has 2 aromatic heterocycles. The van der Waals surface area contributed by atoms with Crippen molar-refractivity contribution >= 4 is 66.4 Å². The molecule has 11 heteroatoms. The van der Waals surface area contributed by atoms with E-state index < -0.39 is 11.7 Å². The van der Waals surface area contributed by atoms with Gasteiger partial charge in [-0.15, -0.1) is 0 Å². The number of benzene rings is 11. The summed E-state index contributed by atoms with van der Waals surface area (Å²) in [5.41, 5.74) is 14.6. The summed E-state index contributed by atoms with van der Waals surface area (Å²) in [6.45, 7) is 32.1. The molecule has 8 nitrogen and oxygen atoms in total. The summed E-state index contributed by atoms with van der Waals surface area (Å²) in [6.07, 6.45) is -4.69. The van der Waals surface area contributed by atoms with E-state index in [0.29, 0.717) is 61.8 Å². The van der Waals surface area contributed by atoms with Crippen LogP contribution in [0.5, 0.6) is 0 Å². The Morgan fingerprint density at radius 2 is 0.738 bits per heavy atom. The third-order valence-electron chi connectivity index (χ3n) is 15.4. The average Bonchev–Trinajstić information content (AvgIpc) is 3.59. The summed E-state index contributed by atoms with van der Waals surface area (Å²) in [4.78, 5) is 15.0. The first kappa shape index (κ1) is 51.2. The van der Waals surface area contributed by atoms with Crippen LogP contribution in [0.25, 0.3) is 141 Å². The molecule has 0 bridgehead atoms. The van der Waals surface area contributed by atoms with Crippen molar-refractivity contribution < 1.29 is 13.2 Å². The second-order valence-electron chi connectivity index (χ2n) is 20.2. The first-order chi connectivity index (χ1) is 40.9. The molecule has 13 aromatic rings. The second-order valence-corrected chi connectivity index (χ2v) is 20.2. The Morgan fingerprint density at radius 1 is 0.333 bits per heavy atom. The van der Waals surface area contributed by atoms with Gasteiger partial charge in [0.05, 0.1) is 83.0 Å². The van der Waals surface area contributed by atoms with Crippen molar-refractivity contribution in [2.75, 3.05) is 0 Å². The zero-order valence-electron chi connectivity index (χ0n) is 44.1. The van der Waals surface area contributed by atoms with Gasteiger partial charge >= 0.3 is 6.18 Å². The lowest BCUT2D eigenvalue weighted by Gasteiger charge is -2.21. The van der Waals surface area contributed by atoms with Crippen LogP contribution in [0.1, 0.15) is 16.7 Å². The second kappa shape index (κ2) is 20.4. The van der Waals surface area contributed by atoms with E-state index in [-0.39, 0.29) is 5.69 Å². The molecule has 0 unspecified atom stereocenters. The zero-order valence-corrected chi connectivity index (χ0v) is 44.1. The van der Waals surface area contributed by atoms with Crippen LogP contribution in [0.4, 0.5) is 35.9 Å². The van der Waals surface area contributed by atoms with Crippen molar-refractivity contribution in [3.63, 3.8) is 0 Å². The van der Waals surface area contributed by atoms with Crippen LogP contribution < -0.4 is 0 Å². The summed E-state index contributed by atoms with van der Waals surface area (Å²) in [5.74, 6) is 0. The van der Waals surface area contributed by atoms with Crippen LogP contribution >= 0.6 is 0 Å². The quantitative estimate of drug-likeness (QED) is 0.142. The first-order valence-corrected chi connectivity index (χ1v) is 26.3. The lowest BCUT2D eigenvalue weighted by Crippen LogP contribution is -2.04. The molecule has 0 amide bonds. The topological polar surface area (TPSA) is 74.9 Å². The van der Waals surface area contributed by atoms with E-state index in [1.807, 2.05) is 133 Å². The Bertz CT molecular complexity index is 5000. The van der Waals surface area contributed by atoms with Crippen LogP contribution in [-0.2, 0) is 6.18 Å². The maximum absolute atomic E-state index is 14.3. The monoisotopic (exact) mass is 1080 g/mol. The number of alkyl halides is 3. The Balaban J connectivity index is 1.12. The van der Waals surface area contributed by atoms with E-state index in [4.69, 9.17) is 26.3 Å². The fourth-order valence-corrected chi connectivity index (χ4v) is 11.5. The van der Waals surface area contributed by atoms with Gasteiger partial charge in [-0.3, -0.25) is 0 Å². The predicted octanol–water partition coefficient (Wildman–Crippen LogP) is 20.8. The largest absolute Gasteiger partial charge is 0.415 e. The van der Waals surface area contributed by atoms with Crippen molar-refractivity contribution in [2.45, 2.75) is 6.18 Å². The zero-order chi connectivity index (χ0) is 57.8. The van der Waals surface area contributed by atoms with Crippen LogP contribution in [0.3, 0.4) is 0 Å². The minimum absolute atomic E-state index is 0.179. The molecule has 84 heavy (non-hydrogen) atoms. The lowest BCUT2D eigenvalue weighted by molar-refractivity contribution is -0.137. The highest BCUT2D eigenvalue weighted by Gasteiger charge is 2.31. The van der Waals surface area contributed by atoms with Gasteiger partial charge in [0.1, 0.15) is 0 Å². The van der Waals surface area contributed by atoms with E-state index in [2.05, 4.69) is 77.1 Å². The number of hydrogen-bond acceptors (Lipinski definition) is 2. The third kappa shape index (κ3) is 8.87. The molecule has 0 atom stereocenters. The van der Waals surface area contributed by atoms with Crippen LogP contribution in [0, 0.1) is 49.0 Å². The molecule has 0 fully saturated rings. The fourth-order valence-electron chi connectivity index (χ4n) is 11.5. The molecule has 0 spiro atoms. The van der Waals surface area contributed by atoms with Crippen molar-refractivity contribution in [3.8, 4) is 90.3 Å². The Hall–Kier alpha value is -12.3. The maximum Gasteiger partial charge on any atom is 0.415 e. The normalized spacial score (nSPS) is 11.2. The summed E-state index contributed by atoms with van der Waals surface area (Å²) < 4.78 is 47.1. The highest BCUT2D eigenvalue weighted by molar-refractivity contribution is 6.14. The summed E-state index contributed by atoms with van der Waals surface area (Å²) >= 11 is 0. The number of fused-ring (bicyclic) bond motifs is 6. The number of aromatic nitrogens is 2. The molecule has 0 radical (unpaired) electrons.